The Morgan fingerprint density at radius 2 is 2.21 bits per heavy atom. The van der Waals surface area contributed by atoms with Crippen LogP contribution in [0.15, 0.2) is 24.5 Å². The Bertz CT molecular complexity index is 557. The first kappa shape index (κ1) is 13.3. The van der Waals surface area contributed by atoms with Crippen LogP contribution in [-0.4, -0.2) is 37.4 Å². The van der Waals surface area contributed by atoms with E-state index in [1.54, 1.807) is 20.5 Å². The molecule has 2 aromatic rings. The van der Waals surface area contributed by atoms with Gasteiger partial charge in [-0.05, 0) is 19.1 Å². The summed E-state index contributed by atoms with van der Waals surface area (Å²) in [6.07, 6.45) is 4.08. The molecule has 2 rings (SSSR count). The lowest BCUT2D eigenvalue weighted by Gasteiger charge is -2.17. The third-order valence-corrected chi connectivity index (χ3v) is 3.08. The molecule has 6 heteroatoms. The van der Waals surface area contributed by atoms with Crippen molar-refractivity contribution in [2.75, 3.05) is 7.05 Å². The van der Waals surface area contributed by atoms with Gasteiger partial charge in [0.25, 0.3) is 0 Å². The number of nitrogens with zero attached hydrogens (tertiary/aromatic N) is 5. The predicted octanol–water partition coefficient (Wildman–Crippen LogP) is 0.974. The van der Waals surface area contributed by atoms with Crippen molar-refractivity contribution < 1.29 is 4.79 Å². The van der Waals surface area contributed by atoms with Crippen molar-refractivity contribution in [1.82, 2.24) is 24.5 Å². The van der Waals surface area contributed by atoms with Gasteiger partial charge in [0.2, 0.25) is 5.91 Å². The topological polar surface area (TPSA) is 56.0 Å². The van der Waals surface area contributed by atoms with Crippen molar-refractivity contribution in [3.63, 3.8) is 0 Å². The van der Waals surface area contributed by atoms with Crippen LogP contribution < -0.4 is 0 Å². The number of amides is 1. The van der Waals surface area contributed by atoms with E-state index in [4.69, 9.17) is 0 Å². The van der Waals surface area contributed by atoms with Gasteiger partial charge in [0.05, 0.1) is 17.9 Å². The third kappa shape index (κ3) is 3.43. The number of aryl methyl sites for hydroxylation is 3. The van der Waals surface area contributed by atoms with E-state index in [1.165, 1.54) is 0 Å². The summed E-state index contributed by atoms with van der Waals surface area (Å²) < 4.78 is 3.58. The fourth-order valence-electron chi connectivity index (χ4n) is 1.88. The van der Waals surface area contributed by atoms with Gasteiger partial charge in [0.1, 0.15) is 0 Å². The van der Waals surface area contributed by atoms with Crippen LogP contribution in [0.1, 0.15) is 17.8 Å². The first-order valence-electron chi connectivity index (χ1n) is 6.27. The van der Waals surface area contributed by atoms with Crippen LogP contribution in [-0.2, 0) is 24.9 Å². The van der Waals surface area contributed by atoms with Gasteiger partial charge in [-0.25, -0.2) is 0 Å². The molecular weight excluding hydrogens is 242 g/mol. The molecule has 0 bridgehead atoms. The Morgan fingerprint density at radius 3 is 2.79 bits per heavy atom. The van der Waals surface area contributed by atoms with Crippen LogP contribution in [0, 0.1) is 6.92 Å². The molecule has 102 valence electrons. The fraction of sp³-hybridized carbons (Fsp3) is 0.462. The van der Waals surface area contributed by atoms with Crippen LogP contribution >= 0.6 is 0 Å². The highest BCUT2D eigenvalue weighted by Gasteiger charge is 2.11. The van der Waals surface area contributed by atoms with Crippen molar-refractivity contribution in [3.05, 3.63) is 35.9 Å². The van der Waals surface area contributed by atoms with Crippen molar-refractivity contribution in [2.45, 2.75) is 26.4 Å². The molecule has 0 fully saturated rings. The maximum atomic E-state index is 12.0. The molecule has 2 aromatic heterocycles. The minimum absolute atomic E-state index is 0.106. The molecule has 0 spiro atoms. The Hall–Kier alpha value is -2.11. The summed E-state index contributed by atoms with van der Waals surface area (Å²) in [4.78, 5) is 13.7. The zero-order valence-corrected chi connectivity index (χ0v) is 11.6. The van der Waals surface area contributed by atoms with E-state index in [2.05, 4.69) is 10.2 Å². The molecule has 0 saturated carbocycles. The average Bonchev–Trinajstić information content (AvgIpc) is 2.96. The minimum Gasteiger partial charge on any atom is -0.340 e. The zero-order valence-electron chi connectivity index (χ0n) is 11.6. The molecular formula is C13H19N5O. The largest absolute Gasteiger partial charge is 0.340 e. The lowest BCUT2D eigenvalue weighted by atomic mass is 10.3. The minimum atomic E-state index is 0.106. The summed E-state index contributed by atoms with van der Waals surface area (Å²) in [5, 5.41) is 8.35. The Kier molecular flexibility index (Phi) is 3.99. The first-order chi connectivity index (χ1) is 9.06. The first-order valence-corrected chi connectivity index (χ1v) is 6.27. The smallest absolute Gasteiger partial charge is 0.224 e. The van der Waals surface area contributed by atoms with Gasteiger partial charge in [-0.2, -0.15) is 10.2 Å². The average molecular weight is 261 g/mol. The van der Waals surface area contributed by atoms with Crippen molar-refractivity contribution in [3.8, 4) is 0 Å². The van der Waals surface area contributed by atoms with E-state index in [1.807, 2.05) is 39.3 Å². The van der Waals surface area contributed by atoms with Gasteiger partial charge < -0.3 is 4.90 Å². The molecule has 1 amide bonds. The van der Waals surface area contributed by atoms with Crippen LogP contribution in [0.5, 0.6) is 0 Å². The van der Waals surface area contributed by atoms with Crippen LogP contribution in [0.4, 0.5) is 0 Å². The molecule has 0 aliphatic carbocycles. The summed E-state index contributed by atoms with van der Waals surface area (Å²) in [7, 11) is 3.68. The van der Waals surface area contributed by atoms with Crippen LogP contribution in [0.3, 0.4) is 0 Å². The summed E-state index contributed by atoms with van der Waals surface area (Å²) in [5.74, 6) is 0.106. The van der Waals surface area contributed by atoms with Gasteiger partial charge in [0, 0.05) is 39.5 Å². The predicted molar refractivity (Wildman–Crippen MR) is 71.3 cm³/mol. The summed E-state index contributed by atoms with van der Waals surface area (Å²) >= 11 is 0. The monoisotopic (exact) mass is 261 g/mol. The number of carbonyl (C=O) groups excluding carboxylic acids is 1. The highest BCUT2D eigenvalue weighted by molar-refractivity contribution is 5.75. The second-order valence-corrected chi connectivity index (χ2v) is 4.67. The SMILES string of the molecule is Cc1ccn(CCC(=O)N(C)Cc2ccnn2C)n1. The highest BCUT2D eigenvalue weighted by Crippen LogP contribution is 2.04. The molecule has 0 aliphatic rings. The number of hydrogen-bond donors (Lipinski definition) is 0. The van der Waals surface area contributed by atoms with E-state index in [-0.39, 0.29) is 5.91 Å². The Morgan fingerprint density at radius 1 is 1.42 bits per heavy atom. The molecule has 0 saturated heterocycles. The van der Waals surface area contributed by atoms with Crippen LogP contribution in [0.2, 0.25) is 0 Å². The fourth-order valence-corrected chi connectivity index (χ4v) is 1.88. The quantitative estimate of drug-likeness (QED) is 0.806. The van der Waals surface area contributed by atoms with Crippen molar-refractivity contribution in [1.29, 1.82) is 0 Å². The van der Waals surface area contributed by atoms with Gasteiger partial charge in [-0.1, -0.05) is 0 Å². The van der Waals surface area contributed by atoms with Gasteiger partial charge >= 0.3 is 0 Å². The third-order valence-electron chi connectivity index (χ3n) is 3.08. The summed E-state index contributed by atoms with van der Waals surface area (Å²) in [5.41, 5.74) is 1.99. The maximum Gasteiger partial charge on any atom is 0.224 e. The lowest BCUT2D eigenvalue weighted by molar-refractivity contribution is -0.130. The van der Waals surface area contributed by atoms with E-state index in [9.17, 15) is 4.79 Å². The van der Waals surface area contributed by atoms with Crippen LogP contribution in [0.25, 0.3) is 0 Å². The highest BCUT2D eigenvalue weighted by atomic mass is 16.2. The van der Waals surface area contributed by atoms with E-state index in [0.29, 0.717) is 19.5 Å². The number of aromatic nitrogens is 4. The summed E-state index contributed by atoms with van der Waals surface area (Å²) in [6.45, 7) is 3.13. The number of carbonyl (C=O) groups is 1. The van der Waals surface area contributed by atoms with Gasteiger partial charge in [-0.3, -0.25) is 14.2 Å². The van der Waals surface area contributed by atoms with Gasteiger partial charge in [-0.15, -0.1) is 0 Å². The maximum absolute atomic E-state index is 12.0. The molecule has 0 aliphatic heterocycles. The molecule has 0 unspecified atom stereocenters. The second kappa shape index (κ2) is 5.69. The molecule has 0 atom stereocenters. The Labute approximate surface area is 112 Å². The molecule has 6 nitrogen and oxygen atoms in total. The van der Waals surface area contributed by atoms with Gasteiger partial charge in [0.15, 0.2) is 0 Å². The number of rotatable bonds is 5. The molecule has 0 aromatic carbocycles. The molecule has 0 N–H and O–H groups in total. The van der Waals surface area contributed by atoms with E-state index < -0.39 is 0 Å². The van der Waals surface area contributed by atoms with E-state index in [0.717, 1.165) is 11.4 Å². The second-order valence-electron chi connectivity index (χ2n) is 4.67. The zero-order chi connectivity index (χ0) is 13.8. The van der Waals surface area contributed by atoms with Crippen molar-refractivity contribution >= 4 is 5.91 Å². The molecule has 19 heavy (non-hydrogen) atoms. The number of hydrogen-bond acceptors (Lipinski definition) is 3. The standard InChI is InChI=1S/C13H19N5O/c1-11-5-8-18(15-11)9-6-13(19)16(2)10-12-4-7-14-17(12)3/h4-5,7-8H,6,9-10H2,1-3H3. The normalized spacial score (nSPS) is 10.7. The summed E-state index contributed by atoms with van der Waals surface area (Å²) in [6, 6.07) is 3.85. The van der Waals surface area contributed by atoms with Crippen molar-refractivity contribution in [2.24, 2.45) is 7.05 Å². The lowest BCUT2D eigenvalue weighted by Crippen LogP contribution is -2.28. The molecule has 2 heterocycles. The van der Waals surface area contributed by atoms with E-state index >= 15 is 0 Å². The molecule has 0 radical (unpaired) electrons. The Balaban J connectivity index is 1.84.